The molecular formula is C16H15FN2O. The van der Waals surface area contributed by atoms with E-state index in [2.05, 4.69) is 5.32 Å². The molecule has 102 valence electrons. The average molecular weight is 270 g/mol. The highest BCUT2D eigenvalue weighted by Gasteiger charge is 2.30. The molecule has 0 bridgehead atoms. The van der Waals surface area contributed by atoms with E-state index in [0.717, 1.165) is 0 Å². The van der Waals surface area contributed by atoms with Gasteiger partial charge in [0.05, 0.1) is 0 Å². The Morgan fingerprint density at radius 1 is 1.35 bits per heavy atom. The minimum Gasteiger partial charge on any atom is -0.346 e. The number of hydrogen-bond donors (Lipinski definition) is 1. The lowest BCUT2D eigenvalue weighted by atomic mass is 9.87. The second kappa shape index (κ2) is 5.30. The highest BCUT2D eigenvalue weighted by molar-refractivity contribution is 6.00. The molecule has 1 amide bonds. The topological polar surface area (TPSA) is 52.9 Å². The summed E-state index contributed by atoms with van der Waals surface area (Å²) in [5, 5.41) is 11.8. The molecule has 0 aromatic heterocycles. The number of carbonyl (C=O) groups is 1. The van der Waals surface area contributed by atoms with Gasteiger partial charge in [0.2, 0.25) is 0 Å². The monoisotopic (exact) mass is 270 g/mol. The molecule has 0 aliphatic carbocycles. The number of nitrogens with one attached hydrogen (secondary N) is 1. The van der Waals surface area contributed by atoms with Gasteiger partial charge in [-0.05, 0) is 31.9 Å². The van der Waals surface area contributed by atoms with Crippen molar-refractivity contribution in [3.05, 3.63) is 52.9 Å². The second-order valence-corrected chi connectivity index (χ2v) is 5.38. The molecule has 0 saturated carbocycles. The summed E-state index contributed by atoms with van der Waals surface area (Å²) in [6.45, 7) is 3.77. The van der Waals surface area contributed by atoms with Crippen molar-refractivity contribution in [3.63, 3.8) is 0 Å². The van der Waals surface area contributed by atoms with Crippen LogP contribution in [0.2, 0.25) is 0 Å². The molecule has 1 aromatic carbocycles. The van der Waals surface area contributed by atoms with Gasteiger partial charge >= 0.3 is 0 Å². The summed E-state index contributed by atoms with van der Waals surface area (Å²) in [4.78, 5) is 11.8. The summed E-state index contributed by atoms with van der Waals surface area (Å²) in [6, 6.07) is 8.28. The molecule has 1 aromatic rings. The van der Waals surface area contributed by atoms with Crippen LogP contribution >= 0.6 is 0 Å². The number of nitrogens with zero attached hydrogens (tertiary/aromatic N) is 1. The van der Waals surface area contributed by atoms with Crippen molar-refractivity contribution >= 4 is 12.0 Å². The van der Waals surface area contributed by atoms with E-state index < -0.39 is 5.54 Å². The SMILES string of the molecule is CC1(C)CC(/C=C/c2ccccc2F)=C(C#N)C(=O)N1. The van der Waals surface area contributed by atoms with Crippen molar-refractivity contribution in [1.82, 2.24) is 5.32 Å². The van der Waals surface area contributed by atoms with Gasteiger partial charge in [-0.15, -0.1) is 0 Å². The van der Waals surface area contributed by atoms with Crippen LogP contribution in [0.1, 0.15) is 25.8 Å². The molecule has 3 nitrogen and oxygen atoms in total. The van der Waals surface area contributed by atoms with Crippen molar-refractivity contribution in [2.24, 2.45) is 0 Å². The van der Waals surface area contributed by atoms with Gasteiger partial charge in [0.15, 0.2) is 0 Å². The van der Waals surface area contributed by atoms with Crippen LogP contribution in [0.3, 0.4) is 0 Å². The van der Waals surface area contributed by atoms with E-state index in [4.69, 9.17) is 5.26 Å². The van der Waals surface area contributed by atoms with Gasteiger partial charge in [0.25, 0.3) is 5.91 Å². The maximum Gasteiger partial charge on any atom is 0.262 e. The summed E-state index contributed by atoms with van der Waals surface area (Å²) >= 11 is 0. The zero-order chi connectivity index (χ0) is 14.8. The molecule has 1 N–H and O–H groups in total. The molecule has 0 spiro atoms. The third-order valence-corrected chi connectivity index (χ3v) is 3.11. The lowest BCUT2D eigenvalue weighted by Crippen LogP contribution is -2.47. The van der Waals surface area contributed by atoms with Crippen LogP contribution in [0.15, 0.2) is 41.5 Å². The Hall–Kier alpha value is -2.41. The minimum atomic E-state index is -0.410. The molecule has 1 aliphatic rings. The summed E-state index contributed by atoms with van der Waals surface area (Å²) in [7, 11) is 0. The van der Waals surface area contributed by atoms with Crippen LogP contribution in [-0.4, -0.2) is 11.4 Å². The third-order valence-electron chi connectivity index (χ3n) is 3.11. The Kier molecular flexibility index (Phi) is 3.71. The Balaban J connectivity index is 2.38. The van der Waals surface area contributed by atoms with Crippen molar-refractivity contribution in [2.45, 2.75) is 25.8 Å². The second-order valence-electron chi connectivity index (χ2n) is 5.38. The van der Waals surface area contributed by atoms with E-state index in [-0.39, 0.29) is 17.3 Å². The number of allylic oxidation sites excluding steroid dienone is 1. The van der Waals surface area contributed by atoms with Gasteiger partial charge in [0.1, 0.15) is 17.5 Å². The van der Waals surface area contributed by atoms with E-state index in [1.54, 1.807) is 30.4 Å². The highest BCUT2D eigenvalue weighted by Crippen LogP contribution is 2.26. The largest absolute Gasteiger partial charge is 0.346 e. The van der Waals surface area contributed by atoms with Gasteiger partial charge in [0, 0.05) is 11.1 Å². The Morgan fingerprint density at radius 2 is 2.05 bits per heavy atom. The van der Waals surface area contributed by atoms with E-state index in [1.807, 2.05) is 19.9 Å². The minimum absolute atomic E-state index is 0.0944. The standard InChI is InChI=1S/C16H15FN2O/c1-16(2)9-12(13(10-18)15(20)19-16)8-7-11-5-3-4-6-14(11)17/h3-8H,9H2,1-2H3,(H,19,20)/b8-7+. The van der Waals surface area contributed by atoms with E-state index >= 15 is 0 Å². The van der Waals surface area contributed by atoms with E-state index in [1.165, 1.54) is 6.07 Å². The Morgan fingerprint density at radius 3 is 2.70 bits per heavy atom. The summed E-state index contributed by atoms with van der Waals surface area (Å²) in [6.07, 6.45) is 3.78. The first-order chi connectivity index (χ1) is 9.43. The first-order valence-electron chi connectivity index (χ1n) is 6.31. The highest BCUT2D eigenvalue weighted by atomic mass is 19.1. The summed E-state index contributed by atoms with van der Waals surface area (Å²) in [5.74, 6) is -0.709. The summed E-state index contributed by atoms with van der Waals surface area (Å²) in [5.41, 5.74) is 0.745. The zero-order valence-electron chi connectivity index (χ0n) is 11.4. The normalized spacial score (nSPS) is 18.0. The number of hydrogen-bond acceptors (Lipinski definition) is 2. The molecule has 4 heteroatoms. The molecule has 0 saturated heterocycles. The Labute approximate surface area is 117 Å². The predicted octanol–water partition coefficient (Wildman–Crippen LogP) is 2.96. The number of amides is 1. The van der Waals surface area contributed by atoms with Gasteiger partial charge in [-0.2, -0.15) is 5.26 Å². The van der Waals surface area contributed by atoms with E-state index in [0.29, 0.717) is 17.6 Å². The van der Waals surface area contributed by atoms with Crippen molar-refractivity contribution in [2.75, 3.05) is 0 Å². The molecule has 2 rings (SSSR count). The number of halogens is 1. The zero-order valence-corrected chi connectivity index (χ0v) is 11.4. The van der Waals surface area contributed by atoms with Gasteiger partial charge in [-0.1, -0.05) is 30.4 Å². The number of carbonyl (C=O) groups excluding carboxylic acids is 1. The average Bonchev–Trinajstić information content (AvgIpc) is 2.36. The Bertz CT molecular complexity index is 651. The van der Waals surface area contributed by atoms with Crippen LogP contribution < -0.4 is 5.32 Å². The molecule has 0 unspecified atom stereocenters. The molecule has 20 heavy (non-hydrogen) atoms. The van der Waals surface area contributed by atoms with Gasteiger partial charge in [-0.3, -0.25) is 4.79 Å². The fourth-order valence-corrected chi connectivity index (χ4v) is 2.19. The molecule has 0 fully saturated rings. The van der Waals surface area contributed by atoms with Crippen molar-refractivity contribution in [3.8, 4) is 6.07 Å². The van der Waals surface area contributed by atoms with Crippen LogP contribution in [0, 0.1) is 17.1 Å². The van der Waals surface area contributed by atoms with Crippen LogP contribution in [-0.2, 0) is 4.79 Å². The summed E-state index contributed by atoms with van der Waals surface area (Å²) < 4.78 is 13.5. The first kappa shape index (κ1) is 14.0. The van der Waals surface area contributed by atoms with E-state index in [9.17, 15) is 9.18 Å². The molecule has 1 aliphatic heterocycles. The fourth-order valence-electron chi connectivity index (χ4n) is 2.19. The number of rotatable bonds is 2. The predicted molar refractivity (Wildman–Crippen MR) is 74.9 cm³/mol. The number of benzene rings is 1. The number of nitriles is 1. The van der Waals surface area contributed by atoms with Crippen LogP contribution in [0.5, 0.6) is 0 Å². The maximum absolute atomic E-state index is 13.5. The lowest BCUT2D eigenvalue weighted by Gasteiger charge is -2.31. The molecule has 1 heterocycles. The smallest absolute Gasteiger partial charge is 0.262 e. The van der Waals surface area contributed by atoms with Gasteiger partial charge in [-0.25, -0.2) is 4.39 Å². The molecule has 0 radical (unpaired) electrons. The first-order valence-corrected chi connectivity index (χ1v) is 6.31. The van der Waals surface area contributed by atoms with Crippen molar-refractivity contribution < 1.29 is 9.18 Å². The molecular weight excluding hydrogens is 255 g/mol. The quantitative estimate of drug-likeness (QED) is 0.898. The van der Waals surface area contributed by atoms with Crippen LogP contribution in [0.4, 0.5) is 4.39 Å². The molecule has 0 atom stereocenters. The van der Waals surface area contributed by atoms with Crippen molar-refractivity contribution in [1.29, 1.82) is 5.26 Å². The lowest BCUT2D eigenvalue weighted by molar-refractivity contribution is -0.119. The third kappa shape index (κ3) is 2.94. The van der Waals surface area contributed by atoms with Gasteiger partial charge < -0.3 is 5.32 Å². The van der Waals surface area contributed by atoms with Crippen LogP contribution in [0.25, 0.3) is 6.08 Å². The maximum atomic E-state index is 13.5. The fraction of sp³-hybridized carbons (Fsp3) is 0.250.